The second-order valence-corrected chi connectivity index (χ2v) is 4.57. The molecule has 100 valence electrons. The molecule has 1 aromatic rings. The number of aliphatic hydroxyl groups is 3. The van der Waals surface area contributed by atoms with Crippen LogP contribution in [-0.2, 0) is 17.4 Å². The molecule has 0 bridgehead atoms. The molecule has 0 saturated carbocycles. The lowest BCUT2D eigenvalue weighted by molar-refractivity contribution is -0.199. The minimum atomic E-state index is -1.22. The summed E-state index contributed by atoms with van der Waals surface area (Å²) in [4.78, 5) is 0. The van der Waals surface area contributed by atoms with Gasteiger partial charge in [0.15, 0.2) is 0 Å². The lowest BCUT2D eigenvalue weighted by atomic mass is 10.00. The maximum atomic E-state index is 9.94. The number of rotatable bonds is 3. The van der Waals surface area contributed by atoms with E-state index in [1.807, 2.05) is 6.07 Å². The van der Waals surface area contributed by atoms with Crippen molar-refractivity contribution in [1.82, 2.24) is 0 Å². The van der Waals surface area contributed by atoms with Gasteiger partial charge in [-0.05, 0) is 17.6 Å². The van der Waals surface area contributed by atoms with E-state index >= 15 is 0 Å². The van der Waals surface area contributed by atoms with Crippen LogP contribution in [-0.4, -0.2) is 51.8 Å². The fourth-order valence-electron chi connectivity index (χ4n) is 1.84. The first-order chi connectivity index (χ1) is 8.63. The molecule has 1 fully saturated rings. The van der Waals surface area contributed by atoms with Gasteiger partial charge in [-0.3, -0.25) is 0 Å². The van der Waals surface area contributed by atoms with Crippen molar-refractivity contribution in [2.24, 2.45) is 0 Å². The standard InChI is InChI=1S/C12H16O5S/c13-6-8-9(14)10(15)11(12(18)17-8)16-7-4-2-1-3-5-7/h1-5,8-15,18H,6H2/p-1/t8-,9-,10+,11-,12-/m1/s1. The highest BCUT2D eigenvalue weighted by Crippen LogP contribution is 2.24. The third-order valence-electron chi connectivity index (χ3n) is 2.84. The van der Waals surface area contributed by atoms with Crippen molar-refractivity contribution in [3.05, 3.63) is 30.3 Å². The summed E-state index contributed by atoms with van der Waals surface area (Å²) in [5, 5.41) is 28.7. The summed E-state index contributed by atoms with van der Waals surface area (Å²) in [5.74, 6) is 0.537. The van der Waals surface area contributed by atoms with E-state index in [-0.39, 0.29) is 0 Å². The minimum absolute atomic E-state index is 0.399. The SMILES string of the molecule is OC[C@H]1O[C@H]([S-])[C@H](Oc2ccccc2)[C@@H](O)[C@@H]1O. The van der Waals surface area contributed by atoms with Crippen molar-refractivity contribution in [3.63, 3.8) is 0 Å². The summed E-state index contributed by atoms with van der Waals surface area (Å²) in [7, 11) is 0. The summed E-state index contributed by atoms with van der Waals surface area (Å²) < 4.78 is 10.8. The van der Waals surface area contributed by atoms with E-state index in [1.165, 1.54) is 0 Å². The summed E-state index contributed by atoms with van der Waals surface area (Å²) in [6, 6.07) is 8.86. The smallest absolute Gasteiger partial charge is 0.131 e. The maximum absolute atomic E-state index is 9.94. The molecular formula is C12H15O5S-. The molecule has 2 rings (SSSR count). The quantitative estimate of drug-likeness (QED) is 0.638. The highest BCUT2D eigenvalue weighted by molar-refractivity contribution is 7.59. The van der Waals surface area contributed by atoms with Gasteiger partial charge in [-0.2, -0.15) is 0 Å². The third-order valence-corrected chi connectivity index (χ3v) is 3.22. The predicted molar refractivity (Wildman–Crippen MR) is 66.0 cm³/mol. The number of benzene rings is 1. The molecule has 5 nitrogen and oxygen atoms in total. The van der Waals surface area contributed by atoms with Crippen LogP contribution in [0, 0.1) is 0 Å². The van der Waals surface area contributed by atoms with Crippen molar-refractivity contribution >= 4 is 12.6 Å². The van der Waals surface area contributed by atoms with Gasteiger partial charge in [0, 0.05) is 0 Å². The second-order valence-electron chi connectivity index (χ2n) is 4.10. The topological polar surface area (TPSA) is 79.2 Å². The van der Waals surface area contributed by atoms with Crippen LogP contribution in [0.5, 0.6) is 5.75 Å². The van der Waals surface area contributed by atoms with E-state index < -0.39 is 36.5 Å². The molecule has 0 unspecified atom stereocenters. The monoisotopic (exact) mass is 271 g/mol. The van der Waals surface area contributed by atoms with Crippen molar-refractivity contribution < 1.29 is 24.8 Å². The molecule has 0 aliphatic carbocycles. The molecule has 3 N–H and O–H groups in total. The van der Waals surface area contributed by atoms with E-state index in [2.05, 4.69) is 0 Å². The predicted octanol–water partition coefficient (Wildman–Crippen LogP) is -0.580. The summed E-state index contributed by atoms with van der Waals surface area (Å²) in [5.41, 5.74) is -0.833. The first-order valence-corrected chi connectivity index (χ1v) is 6.10. The average Bonchev–Trinajstić information content (AvgIpc) is 2.40. The van der Waals surface area contributed by atoms with Crippen LogP contribution in [0.25, 0.3) is 0 Å². The molecule has 5 atom stereocenters. The Balaban J connectivity index is 2.08. The summed E-state index contributed by atoms with van der Waals surface area (Å²) >= 11 is 5.05. The zero-order valence-electron chi connectivity index (χ0n) is 9.55. The second kappa shape index (κ2) is 5.90. The Labute approximate surface area is 110 Å². The highest BCUT2D eigenvalue weighted by Gasteiger charge is 2.40. The molecule has 1 aliphatic heterocycles. The van der Waals surface area contributed by atoms with Gasteiger partial charge in [-0.15, -0.1) is 0 Å². The summed E-state index contributed by atoms with van der Waals surface area (Å²) in [6.07, 6.45) is -4.14. The van der Waals surface area contributed by atoms with Gasteiger partial charge in [-0.25, -0.2) is 0 Å². The molecule has 1 aromatic carbocycles. The fraction of sp³-hybridized carbons (Fsp3) is 0.500. The summed E-state index contributed by atoms with van der Waals surface area (Å²) in [6.45, 7) is -0.399. The fourth-order valence-corrected chi connectivity index (χ4v) is 2.20. The highest BCUT2D eigenvalue weighted by atomic mass is 32.1. The Kier molecular flexibility index (Phi) is 4.47. The molecular weight excluding hydrogens is 256 g/mol. The number of para-hydroxylation sites is 1. The van der Waals surface area contributed by atoms with Gasteiger partial charge in [0.1, 0.15) is 30.2 Å². The molecule has 0 amide bonds. The molecule has 0 spiro atoms. The molecule has 0 aromatic heterocycles. The molecule has 18 heavy (non-hydrogen) atoms. The van der Waals surface area contributed by atoms with Crippen molar-refractivity contribution in [2.45, 2.75) is 29.9 Å². The van der Waals surface area contributed by atoms with E-state index in [0.29, 0.717) is 5.75 Å². The zero-order valence-corrected chi connectivity index (χ0v) is 10.4. The van der Waals surface area contributed by atoms with Gasteiger partial charge in [0.05, 0.1) is 6.61 Å². The number of hydrogen-bond donors (Lipinski definition) is 3. The van der Waals surface area contributed by atoms with Crippen LogP contribution < -0.4 is 4.74 Å². The molecule has 1 aliphatic rings. The number of hydrogen-bond acceptors (Lipinski definition) is 6. The minimum Gasteiger partial charge on any atom is -0.757 e. The first kappa shape index (κ1) is 13.6. The molecule has 0 radical (unpaired) electrons. The van der Waals surface area contributed by atoms with Gasteiger partial charge in [0.2, 0.25) is 0 Å². The van der Waals surface area contributed by atoms with Crippen LogP contribution in [0.1, 0.15) is 0 Å². The van der Waals surface area contributed by atoms with E-state index in [1.54, 1.807) is 24.3 Å². The van der Waals surface area contributed by atoms with Crippen LogP contribution in [0.4, 0.5) is 0 Å². The normalized spacial score (nSPS) is 36.3. The van der Waals surface area contributed by atoms with Gasteiger partial charge < -0.3 is 37.4 Å². The van der Waals surface area contributed by atoms with E-state index in [4.69, 9.17) is 27.2 Å². The lowest BCUT2D eigenvalue weighted by Gasteiger charge is -2.45. The van der Waals surface area contributed by atoms with Crippen LogP contribution in [0.3, 0.4) is 0 Å². The van der Waals surface area contributed by atoms with Gasteiger partial charge in [0.25, 0.3) is 0 Å². The molecule has 1 heterocycles. The zero-order chi connectivity index (χ0) is 13.1. The van der Waals surface area contributed by atoms with E-state index in [0.717, 1.165) is 0 Å². The Bertz CT molecular complexity index is 374. The lowest BCUT2D eigenvalue weighted by Crippen LogP contribution is -2.59. The third kappa shape index (κ3) is 2.78. The molecule has 1 saturated heterocycles. The Morgan fingerprint density at radius 3 is 2.44 bits per heavy atom. The Hall–Kier alpha value is -0.790. The maximum Gasteiger partial charge on any atom is 0.131 e. The van der Waals surface area contributed by atoms with E-state index in [9.17, 15) is 10.2 Å². The van der Waals surface area contributed by atoms with Gasteiger partial charge in [-0.1, -0.05) is 18.2 Å². The average molecular weight is 271 g/mol. The van der Waals surface area contributed by atoms with Crippen LogP contribution in [0.2, 0.25) is 0 Å². The van der Waals surface area contributed by atoms with Crippen LogP contribution >= 0.6 is 0 Å². The largest absolute Gasteiger partial charge is 0.757 e. The number of aliphatic hydroxyl groups excluding tert-OH is 3. The Morgan fingerprint density at radius 2 is 1.83 bits per heavy atom. The number of ether oxygens (including phenoxy) is 2. The van der Waals surface area contributed by atoms with Gasteiger partial charge >= 0.3 is 0 Å². The molecule has 6 heteroatoms. The van der Waals surface area contributed by atoms with Crippen molar-refractivity contribution in [2.75, 3.05) is 6.61 Å². The van der Waals surface area contributed by atoms with Crippen molar-refractivity contribution in [1.29, 1.82) is 0 Å². The first-order valence-electron chi connectivity index (χ1n) is 5.63. The Morgan fingerprint density at radius 1 is 1.17 bits per heavy atom. The van der Waals surface area contributed by atoms with Crippen molar-refractivity contribution in [3.8, 4) is 5.75 Å². The van der Waals surface area contributed by atoms with Crippen LogP contribution in [0.15, 0.2) is 30.3 Å².